The van der Waals surface area contributed by atoms with Gasteiger partial charge >= 0.3 is 0 Å². The molecule has 0 amide bonds. The van der Waals surface area contributed by atoms with Crippen LogP contribution in [0.4, 0.5) is 5.69 Å². The summed E-state index contributed by atoms with van der Waals surface area (Å²) in [6.07, 6.45) is 3.54. The number of fused-ring (bicyclic) bond motifs is 1. The van der Waals surface area contributed by atoms with Crippen LogP contribution in [-0.4, -0.2) is 21.7 Å². The average molecular weight is 188 g/mol. The Balaban J connectivity index is 2.49. The SMILES string of the molecule is C=CCNc1cc(C)nc2cn[nH]c12. The molecule has 2 rings (SSSR count). The third kappa shape index (κ3) is 1.46. The van der Waals surface area contributed by atoms with E-state index in [0.29, 0.717) is 0 Å². The zero-order valence-electron chi connectivity index (χ0n) is 8.04. The van der Waals surface area contributed by atoms with Gasteiger partial charge in [-0.2, -0.15) is 5.10 Å². The van der Waals surface area contributed by atoms with Gasteiger partial charge in [-0.25, -0.2) is 4.98 Å². The predicted molar refractivity (Wildman–Crippen MR) is 57.3 cm³/mol. The number of nitrogens with one attached hydrogen (secondary N) is 2. The Kier molecular flexibility index (Phi) is 2.18. The average Bonchev–Trinajstić information content (AvgIpc) is 2.61. The van der Waals surface area contributed by atoms with Crippen molar-refractivity contribution in [3.8, 4) is 0 Å². The first-order valence-electron chi connectivity index (χ1n) is 4.47. The first-order chi connectivity index (χ1) is 6.81. The zero-order valence-corrected chi connectivity index (χ0v) is 8.04. The summed E-state index contributed by atoms with van der Waals surface area (Å²) in [6, 6.07) is 1.99. The van der Waals surface area contributed by atoms with Gasteiger partial charge in [0.2, 0.25) is 0 Å². The van der Waals surface area contributed by atoms with Gasteiger partial charge in [-0.1, -0.05) is 6.08 Å². The second-order valence-electron chi connectivity index (χ2n) is 3.11. The molecule has 0 spiro atoms. The lowest BCUT2D eigenvalue weighted by Crippen LogP contribution is -1.99. The van der Waals surface area contributed by atoms with Gasteiger partial charge in [0.1, 0.15) is 11.0 Å². The van der Waals surface area contributed by atoms with Crippen molar-refractivity contribution in [1.82, 2.24) is 15.2 Å². The molecule has 0 aliphatic carbocycles. The van der Waals surface area contributed by atoms with Gasteiger partial charge in [-0.05, 0) is 13.0 Å². The summed E-state index contributed by atoms with van der Waals surface area (Å²) in [4.78, 5) is 4.34. The predicted octanol–water partition coefficient (Wildman–Crippen LogP) is 1.86. The molecule has 0 aliphatic rings. The molecule has 72 valence electrons. The monoisotopic (exact) mass is 188 g/mol. The normalized spacial score (nSPS) is 10.4. The minimum atomic E-state index is 0.734. The molecule has 2 heterocycles. The highest BCUT2D eigenvalue weighted by Gasteiger charge is 2.04. The van der Waals surface area contributed by atoms with Crippen LogP contribution in [0.5, 0.6) is 0 Å². The number of anilines is 1. The highest BCUT2D eigenvalue weighted by molar-refractivity contribution is 5.87. The summed E-state index contributed by atoms with van der Waals surface area (Å²) in [5.74, 6) is 0. The van der Waals surface area contributed by atoms with Crippen LogP contribution in [0.3, 0.4) is 0 Å². The lowest BCUT2D eigenvalue weighted by atomic mass is 10.3. The Bertz CT molecular complexity index is 458. The summed E-state index contributed by atoms with van der Waals surface area (Å²) in [6.45, 7) is 6.36. The number of aromatic nitrogens is 3. The topological polar surface area (TPSA) is 53.6 Å². The molecule has 4 heteroatoms. The lowest BCUT2D eigenvalue weighted by Gasteiger charge is -2.05. The van der Waals surface area contributed by atoms with E-state index in [0.717, 1.165) is 29.0 Å². The van der Waals surface area contributed by atoms with Crippen molar-refractivity contribution in [2.75, 3.05) is 11.9 Å². The third-order valence-electron chi connectivity index (χ3n) is 1.98. The summed E-state index contributed by atoms with van der Waals surface area (Å²) in [7, 11) is 0. The van der Waals surface area contributed by atoms with Gasteiger partial charge in [0, 0.05) is 12.2 Å². The molecule has 2 aromatic heterocycles. The van der Waals surface area contributed by atoms with Crippen molar-refractivity contribution in [2.45, 2.75) is 6.92 Å². The smallest absolute Gasteiger partial charge is 0.110 e. The zero-order chi connectivity index (χ0) is 9.97. The van der Waals surface area contributed by atoms with E-state index in [9.17, 15) is 0 Å². The highest BCUT2D eigenvalue weighted by atomic mass is 15.1. The fourth-order valence-corrected chi connectivity index (χ4v) is 1.39. The molecule has 14 heavy (non-hydrogen) atoms. The van der Waals surface area contributed by atoms with Gasteiger partial charge in [0.05, 0.1) is 11.9 Å². The fourth-order valence-electron chi connectivity index (χ4n) is 1.39. The van der Waals surface area contributed by atoms with Crippen LogP contribution in [0.25, 0.3) is 11.0 Å². The van der Waals surface area contributed by atoms with Crippen LogP contribution in [0.1, 0.15) is 5.69 Å². The Hall–Kier alpha value is -1.84. The van der Waals surface area contributed by atoms with E-state index in [4.69, 9.17) is 0 Å². The first kappa shape index (κ1) is 8.74. The van der Waals surface area contributed by atoms with Crippen LogP contribution in [0, 0.1) is 6.92 Å². The van der Waals surface area contributed by atoms with Crippen molar-refractivity contribution < 1.29 is 0 Å². The molecule has 4 nitrogen and oxygen atoms in total. The second-order valence-corrected chi connectivity index (χ2v) is 3.11. The maximum atomic E-state index is 4.34. The number of hydrogen-bond donors (Lipinski definition) is 2. The Morgan fingerprint density at radius 3 is 3.29 bits per heavy atom. The number of pyridine rings is 1. The highest BCUT2D eigenvalue weighted by Crippen LogP contribution is 2.19. The molecular weight excluding hydrogens is 176 g/mol. The molecule has 0 radical (unpaired) electrons. The lowest BCUT2D eigenvalue weighted by molar-refractivity contribution is 1.12. The number of nitrogens with zero attached hydrogens (tertiary/aromatic N) is 2. The molecule has 0 atom stereocenters. The van der Waals surface area contributed by atoms with Crippen molar-refractivity contribution in [3.63, 3.8) is 0 Å². The van der Waals surface area contributed by atoms with Crippen LogP contribution >= 0.6 is 0 Å². The van der Waals surface area contributed by atoms with Crippen LogP contribution in [0.15, 0.2) is 24.9 Å². The standard InChI is InChI=1S/C10H12N4/c1-3-4-11-8-5-7(2)13-9-6-12-14-10(8)9/h3,5-6H,1,4H2,2H3,(H,11,13)(H,12,14). The van der Waals surface area contributed by atoms with E-state index in [2.05, 4.69) is 27.1 Å². The molecule has 0 unspecified atom stereocenters. The summed E-state index contributed by atoms with van der Waals surface area (Å²) < 4.78 is 0. The minimum Gasteiger partial charge on any atom is -0.380 e. The van der Waals surface area contributed by atoms with Crippen LogP contribution in [-0.2, 0) is 0 Å². The van der Waals surface area contributed by atoms with E-state index in [-0.39, 0.29) is 0 Å². The second kappa shape index (κ2) is 3.49. The summed E-state index contributed by atoms with van der Waals surface area (Å²) in [5.41, 5.74) is 3.82. The summed E-state index contributed by atoms with van der Waals surface area (Å²) in [5, 5.41) is 10.1. The van der Waals surface area contributed by atoms with E-state index >= 15 is 0 Å². The van der Waals surface area contributed by atoms with Gasteiger partial charge in [-0.3, -0.25) is 5.10 Å². The minimum absolute atomic E-state index is 0.734. The van der Waals surface area contributed by atoms with E-state index in [1.807, 2.05) is 19.1 Å². The number of H-pyrrole nitrogens is 1. The molecular formula is C10H12N4. The largest absolute Gasteiger partial charge is 0.380 e. The Labute approximate surface area is 82.1 Å². The van der Waals surface area contributed by atoms with Crippen molar-refractivity contribution in [3.05, 3.63) is 30.6 Å². The number of aryl methyl sites for hydroxylation is 1. The van der Waals surface area contributed by atoms with Crippen molar-refractivity contribution in [2.24, 2.45) is 0 Å². The maximum Gasteiger partial charge on any atom is 0.110 e. The fraction of sp³-hybridized carbons (Fsp3) is 0.200. The molecule has 2 aromatic rings. The molecule has 0 fully saturated rings. The maximum absolute atomic E-state index is 4.34. The first-order valence-corrected chi connectivity index (χ1v) is 4.47. The van der Waals surface area contributed by atoms with E-state index < -0.39 is 0 Å². The van der Waals surface area contributed by atoms with E-state index in [1.165, 1.54) is 0 Å². The van der Waals surface area contributed by atoms with Crippen LogP contribution < -0.4 is 5.32 Å². The van der Waals surface area contributed by atoms with Crippen LogP contribution in [0.2, 0.25) is 0 Å². The Morgan fingerprint density at radius 2 is 2.50 bits per heavy atom. The molecule has 0 saturated carbocycles. The van der Waals surface area contributed by atoms with Crippen molar-refractivity contribution >= 4 is 16.7 Å². The molecule has 0 bridgehead atoms. The third-order valence-corrected chi connectivity index (χ3v) is 1.98. The van der Waals surface area contributed by atoms with Crippen molar-refractivity contribution in [1.29, 1.82) is 0 Å². The Morgan fingerprint density at radius 1 is 1.64 bits per heavy atom. The molecule has 0 saturated heterocycles. The number of rotatable bonds is 3. The number of aromatic amines is 1. The summed E-state index contributed by atoms with van der Waals surface area (Å²) >= 11 is 0. The molecule has 2 N–H and O–H groups in total. The van der Waals surface area contributed by atoms with Gasteiger partial charge in [-0.15, -0.1) is 6.58 Å². The van der Waals surface area contributed by atoms with Gasteiger partial charge in [0.15, 0.2) is 0 Å². The number of hydrogen-bond acceptors (Lipinski definition) is 3. The molecule has 0 aliphatic heterocycles. The van der Waals surface area contributed by atoms with Gasteiger partial charge in [0.25, 0.3) is 0 Å². The van der Waals surface area contributed by atoms with Gasteiger partial charge < -0.3 is 5.32 Å². The molecule has 0 aromatic carbocycles. The van der Waals surface area contributed by atoms with E-state index in [1.54, 1.807) is 6.20 Å². The quantitative estimate of drug-likeness (QED) is 0.723.